The number of nitrogens with one attached hydrogen (secondary N) is 1. The van der Waals surface area contributed by atoms with Crippen LogP contribution in [0.1, 0.15) is 24.0 Å². The Labute approximate surface area is 171 Å². The third-order valence-corrected chi connectivity index (χ3v) is 5.54. The Morgan fingerprint density at radius 1 is 1.44 bits per heavy atom. The van der Waals surface area contributed by atoms with E-state index in [4.69, 9.17) is 14.3 Å². The molecule has 2 heterocycles. The summed E-state index contributed by atoms with van der Waals surface area (Å²) < 4.78 is 25.6. The molecule has 0 aromatic heterocycles. The van der Waals surface area contributed by atoms with Crippen molar-refractivity contribution < 1.29 is 23.5 Å². The number of oxime groups is 1. The molecule has 1 amide bonds. The monoisotopic (exact) mass is 488 g/mol. The topological polar surface area (TPSA) is 69.2 Å². The van der Waals surface area contributed by atoms with Crippen LogP contribution in [0.3, 0.4) is 0 Å². The van der Waals surface area contributed by atoms with Gasteiger partial charge in [-0.05, 0) is 47.6 Å². The van der Waals surface area contributed by atoms with Gasteiger partial charge in [0.25, 0.3) is 5.91 Å². The number of ether oxygens (including phenoxy) is 2. The molecule has 1 aromatic rings. The molecule has 0 radical (unpaired) electrons. The van der Waals surface area contributed by atoms with Gasteiger partial charge in [-0.15, -0.1) is 0 Å². The smallest absolute Gasteiger partial charge is 0.269 e. The van der Waals surface area contributed by atoms with Gasteiger partial charge < -0.3 is 19.6 Å². The zero-order valence-corrected chi connectivity index (χ0v) is 17.3. The van der Waals surface area contributed by atoms with Crippen molar-refractivity contribution in [2.75, 3.05) is 26.4 Å². The van der Waals surface area contributed by atoms with E-state index in [1.54, 1.807) is 6.07 Å². The van der Waals surface area contributed by atoms with Crippen LogP contribution in [0, 0.1) is 18.7 Å². The number of carbonyl (C=O) groups excluding carboxylic acids is 1. The number of amides is 1. The highest BCUT2D eigenvalue weighted by Gasteiger charge is 2.23. The number of rotatable bonds is 7. The van der Waals surface area contributed by atoms with E-state index in [1.807, 2.05) is 13.0 Å². The predicted octanol–water partition coefficient (Wildman–Crippen LogP) is 3.23. The van der Waals surface area contributed by atoms with Crippen molar-refractivity contribution >= 4 is 34.2 Å². The first-order chi connectivity index (χ1) is 13.0. The summed E-state index contributed by atoms with van der Waals surface area (Å²) in [5, 5.41) is 6.80. The Morgan fingerprint density at radius 2 is 2.30 bits per heavy atom. The normalized spacial score (nSPS) is 19.7. The van der Waals surface area contributed by atoms with Crippen molar-refractivity contribution in [1.82, 2.24) is 5.32 Å². The number of carbonyl (C=O) groups is 1. The predicted molar refractivity (Wildman–Crippen MR) is 107 cm³/mol. The molecule has 2 aliphatic heterocycles. The molecular formula is C19H22FIN2O4. The second-order valence-corrected chi connectivity index (χ2v) is 7.90. The van der Waals surface area contributed by atoms with Gasteiger partial charge in [0.15, 0.2) is 5.76 Å². The molecule has 3 rings (SSSR count). The Balaban J connectivity index is 1.46. The average molecular weight is 488 g/mol. The van der Waals surface area contributed by atoms with Gasteiger partial charge in [-0.3, -0.25) is 4.79 Å². The highest BCUT2D eigenvalue weighted by atomic mass is 127. The molecule has 0 aliphatic carbocycles. The van der Waals surface area contributed by atoms with E-state index in [9.17, 15) is 9.18 Å². The number of benzene rings is 1. The Morgan fingerprint density at radius 3 is 3.00 bits per heavy atom. The van der Waals surface area contributed by atoms with Crippen LogP contribution < -0.4 is 5.32 Å². The van der Waals surface area contributed by atoms with Gasteiger partial charge in [0.1, 0.15) is 18.1 Å². The Kier molecular flexibility index (Phi) is 7.20. The first-order valence-electron chi connectivity index (χ1n) is 8.83. The minimum absolute atomic E-state index is 0.149. The highest BCUT2D eigenvalue weighted by molar-refractivity contribution is 14.1. The van der Waals surface area contributed by atoms with Crippen LogP contribution in [-0.2, 0) is 25.7 Å². The van der Waals surface area contributed by atoms with Gasteiger partial charge >= 0.3 is 0 Å². The minimum atomic E-state index is -0.284. The van der Waals surface area contributed by atoms with Gasteiger partial charge in [-0.25, -0.2) is 4.39 Å². The standard InChI is InChI=1S/C19H22FIN2O4/c1-12-3-2-4-15(20)14(12)10-26-11-18-16(21)7-17(23-27-18)19(24)22-8-13-5-6-25-9-13/h2-4,13H,5-11H2,1H3,(H,22,24). The lowest BCUT2D eigenvalue weighted by Crippen LogP contribution is -2.36. The molecule has 1 atom stereocenters. The first-order valence-corrected chi connectivity index (χ1v) is 9.91. The molecule has 1 unspecified atom stereocenters. The summed E-state index contributed by atoms with van der Waals surface area (Å²) in [6.45, 7) is 4.18. The summed E-state index contributed by atoms with van der Waals surface area (Å²) in [6, 6.07) is 4.93. The molecule has 0 spiro atoms. The van der Waals surface area contributed by atoms with Gasteiger partial charge in [0.05, 0.1) is 13.2 Å². The Bertz CT molecular complexity index is 740. The van der Waals surface area contributed by atoms with Gasteiger partial charge in [0, 0.05) is 34.6 Å². The zero-order valence-electron chi connectivity index (χ0n) is 15.1. The molecule has 1 saturated heterocycles. The van der Waals surface area contributed by atoms with Gasteiger partial charge in [-0.1, -0.05) is 17.3 Å². The van der Waals surface area contributed by atoms with Crippen LogP contribution in [0.2, 0.25) is 0 Å². The van der Waals surface area contributed by atoms with Crippen LogP contribution in [0.5, 0.6) is 0 Å². The van der Waals surface area contributed by atoms with Crippen LogP contribution in [0.25, 0.3) is 0 Å². The van der Waals surface area contributed by atoms with Crippen molar-refractivity contribution in [1.29, 1.82) is 0 Å². The molecule has 1 aromatic carbocycles. The summed E-state index contributed by atoms with van der Waals surface area (Å²) in [5.74, 6) is 0.399. The number of allylic oxidation sites excluding steroid dienone is 1. The molecule has 8 heteroatoms. The second-order valence-electron chi connectivity index (χ2n) is 6.60. The molecule has 27 heavy (non-hydrogen) atoms. The van der Waals surface area contributed by atoms with E-state index in [-0.39, 0.29) is 24.9 Å². The summed E-state index contributed by atoms with van der Waals surface area (Å²) in [7, 11) is 0. The number of aryl methyl sites for hydroxylation is 1. The summed E-state index contributed by atoms with van der Waals surface area (Å²) >= 11 is 2.12. The van der Waals surface area contributed by atoms with E-state index < -0.39 is 0 Å². The van der Waals surface area contributed by atoms with Crippen LogP contribution >= 0.6 is 22.6 Å². The van der Waals surface area contributed by atoms with Crippen molar-refractivity contribution in [3.8, 4) is 0 Å². The van der Waals surface area contributed by atoms with Gasteiger partial charge in [-0.2, -0.15) is 0 Å². The fourth-order valence-electron chi connectivity index (χ4n) is 2.84. The molecule has 0 saturated carbocycles. The largest absolute Gasteiger partial charge is 0.381 e. The van der Waals surface area contributed by atoms with E-state index in [0.29, 0.717) is 42.5 Å². The van der Waals surface area contributed by atoms with Crippen LogP contribution in [0.15, 0.2) is 32.7 Å². The lowest BCUT2D eigenvalue weighted by atomic mass is 10.1. The van der Waals surface area contributed by atoms with Crippen LogP contribution in [-0.4, -0.2) is 38.0 Å². The average Bonchev–Trinajstić information content (AvgIpc) is 3.17. The quantitative estimate of drug-likeness (QED) is 0.599. The number of hydrogen-bond donors (Lipinski definition) is 1. The first kappa shape index (κ1) is 20.2. The maximum atomic E-state index is 13.8. The summed E-state index contributed by atoms with van der Waals surface area (Å²) in [6.07, 6.45) is 1.36. The Hall–Kier alpha value is -1.52. The van der Waals surface area contributed by atoms with Crippen molar-refractivity contribution in [3.05, 3.63) is 44.5 Å². The van der Waals surface area contributed by atoms with Crippen molar-refractivity contribution in [3.63, 3.8) is 0 Å². The fraction of sp³-hybridized carbons (Fsp3) is 0.474. The third-order valence-electron chi connectivity index (χ3n) is 4.56. The van der Waals surface area contributed by atoms with E-state index in [2.05, 4.69) is 33.1 Å². The minimum Gasteiger partial charge on any atom is -0.381 e. The van der Waals surface area contributed by atoms with E-state index in [1.165, 1.54) is 6.07 Å². The van der Waals surface area contributed by atoms with Crippen molar-refractivity contribution in [2.24, 2.45) is 11.1 Å². The zero-order chi connectivity index (χ0) is 19.2. The molecule has 1 fully saturated rings. The fourth-order valence-corrected chi connectivity index (χ4v) is 3.46. The van der Waals surface area contributed by atoms with Gasteiger partial charge in [0.2, 0.25) is 0 Å². The SMILES string of the molecule is Cc1cccc(F)c1COCC1=C(I)CC(C(=O)NCC2CCOC2)=NO1. The lowest BCUT2D eigenvalue weighted by Gasteiger charge is -2.17. The van der Waals surface area contributed by atoms with E-state index in [0.717, 1.165) is 22.2 Å². The molecule has 2 aliphatic rings. The summed E-state index contributed by atoms with van der Waals surface area (Å²) in [5.41, 5.74) is 1.71. The molecule has 1 N–H and O–H groups in total. The molecule has 0 bridgehead atoms. The number of halogens is 2. The molecule has 146 valence electrons. The van der Waals surface area contributed by atoms with E-state index >= 15 is 0 Å². The highest BCUT2D eigenvalue weighted by Crippen LogP contribution is 2.24. The maximum Gasteiger partial charge on any atom is 0.269 e. The number of hydrogen-bond acceptors (Lipinski definition) is 5. The summed E-state index contributed by atoms with van der Waals surface area (Å²) in [4.78, 5) is 17.6. The lowest BCUT2D eigenvalue weighted by molar-refractivity contribution is -0.115. The number of nitrogens with zero attached hydrogens (tertiary/aromatic N) is 1. The van der Waals surface area contributed by atoms with Crippen molar-refractivity contribution in [2.45, 2.75) is 26.4 Å². The maximum absolute atomic E-state index is 13.8. The second kappa shape index (κ2) is 9.61. The molecular weight excluding hydrogens is 466 g/mol. The third kappa shape index (κ3) is 5.49. The van der Waals surface area contributed by atoms with Crippen LogP contribution in [0.4, 0.5) is 4.39 Å². The molecule has 6 nitrogen and oxygen atoms in total.